The Kier molecular flexibility index (Phi) is 6.55. The number of methoxy groups -OCH3 is 2. The molecule has 0 amide bonds. The number of thioether (sulfide) groups is 1. The lowest BCUT2D eigenvalue weighted by Gasteiger charge is -2.05. The SMILES string of the molecule is COc1ccc(-c2nc(SCCC[O])sc2-c2ccc(OC)cc2)cc1. The standard InChI is InChI=1S/C20H20NO3S2/c1-23-16-8-4-14(5-9-16)18-19(15-6-10-17(24-2)11-7-15)26-20(21-18)25-13-3-12-22/h4-11H,3,12-13H2,1-2H3. The molecule has 3 rings (SSSR count). The van der Waals surface area contributed by atoms with Gasteiger partial charge in [0.15, 0.2) is 4.34 Å². The zero-order valence-corrected chi connectivity index (χ0v) is 16.4. The van der Waals surface area contributed by atoms with Gasteiger partial charge in [-0.1, -0.05) is 11.8 Å². The van der Waals surface area contributed by atoms with Gasteiger partial charge in [-0.3, -0.25) is 0 Å². The smallest absolute Gasteiger partial charge is 0.151 e. The van der Waals surface area contributed by atoms with Crippen molar-refractivity contribution >= 4 is 23.1 Å². The van der Waals surface area contributed by atoms with Gasteiger partial charge in [-0.25, -0.2) is 10.1 Å². The first-order valence-electron chi connectivity index (χ1n) is 8.25. The van der Waals surface area contributed by atoms with E-state index in [2.05, 4.69) is 0 Å². The number of ether oxygens (including phenoxy) is 2. The van der Waals surface area contributed by atoms with Crippen LogP contribution in [0, 0.1) is 0 Å². The molecule has 0 atom stereocenters. The maximum atomic E-state index is 10.7. The normalized spacial score (nSPS) is 10.7. The van der Waals surface area contributed by atoms with Crippen molar-refractivity contribution in [3.8, 4) is 33.2 Å². The fraction of sp³-hybridized carbons (Fsp3) is 0.250. The Balaban J connectivity index is 1.98. The summed E-state index contributed by atoms with van der Waals surface area (Å²) in [5.41, 5.74) is 3.10. The molecule has 0 spiro atoms. The number of hydrogen-bond acceptors (Lipinski definition) is 5. The van der Waals surface area contributed by atoms with Gasteiger partial charge >= 0.3 is 0 Å². The molecule has 2 aromatic carbocycles. The van der Waals surface area contributed by atoms with Gasteiger partial charge in [0, 0.05) is 11.3 Å². The number of rotatable bonds is 8. The Morgan fingerprint density at radius 2 is 1.50 bits per heavy atom. The second-order valence-corrected chi connectivity index (χ2v) is 7.86. The quantitative estimate of drug-likeness (QED) is 0.384. The number of aromatic nitrogens is 1. The van der Waals surface area contributed by atoms with E-state index in [4.69, 9.17) is 14.5 Å². The molecule has 0 aliphatic carbocycles. The predicted octanol–water partition coefficient (Wildman–Crippen LogP) is 5.41. The van der Waals surface area contributed by atoms with Crippen molar-refractivity contribution in [2.45, 2.75) is 10.8 Å². The summed E-state index contributed by atoms with van der Waals surface area (Å²) in [6.45, 7) is -0.0466. The van der Waals surface area contributed by atoms with E-state index in [-0.39, 0.29) is 6.61 Å². The first-order valence-corrected chi connectivity index (χ1v) is 10.1. The van der Waals surface area contributed by atoms with Crippen LogP contribution in [0.5, 0.6) is 11.5 Å². The van der Waals surface area contributed by atoms with Crippen LogP contribution in [0.3, 0.4) is 0 Å². The van der Waals surface area contributed by atoms with Crippen molar-refractivity contribution in [3.63, 3.8) is 0 Å². The lowest BCUT2D eigenvalue weighted by atomic mass is 10.1. The third-order valence-corrected chi connectivity index (χ3v) is 6.17. The second kappa shape index (κ2) is 9.07. The molecule has 0 unspecified atom stereocenters. The molecule has 1 radical (unpaired) electrons. The van der Waals surface area contributed by atoms with E-state index >= 15 is 0 Å². The molecule has 0 saturated carbocycles. The van der Waals surface area contributed by atoms with Crippen LogP contribution in [0.4, 0.5) is 0 Å². The summed E-state index contributed by atoms with van der Waals surface area (Å²) in [5.74, 6) is 2.44. The van der Waals surface area contributed by atoms with E-state index in [0.717, 1.165) is 43.3 Å². The minimum absolute atomic E-state index is 0.0466. The van der Waals surface area contributed by atoms with E-state index in [1.165, 1.54) is 0 Å². The molecule has 0 N–H and O–H groups in total. The molecule has 3 aromatic rings. The van der Waals surface area contributed by atoms with Crippen molar-refractivity contribution in [3.05, 3.63) is 48.5 Å². The highest BCUT2D eigenvalue weighted by Crippen LogP contribution is 2.41. The van der Waals surface area contributed by atoms with Crippen molar-refractivity contribution in [2.75, 3.05) is 26.6 Å². The molecule has 0 aliphatic rings. The van der Waals surface area contributed by atoms with Crippen molar-refractivity contribution in [1.82, 2.24) is 4.98 Å². The Labute approximate surface area is 161 Å². The van der Waals surface area contributed by atoms with E-state index in [0.29, 0.717) is 6.42 Å². The van der Waals surface area contributed by atoms with E-state index in [1.54, 1.807) is 37.3 Å². The van der Waals surface area contributed by atoms with Gasteiger partial charge in [0.1, 0.15) is 11.5 Å². The maximum Gasteiger partial charge on any atom is 0.151 e. The lowest BCUT2D eigenvalue weighted by molar-refractivity contribution is 0.194. The summed E-state index contributed by atoms with van der Waals surface area (Å²) in [5, 5.41) is 10.7. The summed E-state index contributed by atoms with van der Waals surface area (Å²) in [6, 6.07) is 15.9. The van der Waals surface area contributed by atoms with Crippen LogP contribution in [0.2, 0.25) is 0 Å². The third kappa shape index (κ3) is 4.38. The Hall–Kier alpha value is -2.02. The fourth-order valence-corrected chi connectivity index (χ4v) is 4.62. The average Bonchev–Trinajstić information content (AvgIpc) is 3.12. The van der Waals surface area contributed by atoms with Gasteiger partial charge in [-0.2, -0.15) is 0 Å². The summed E-state index contributed by atoms with van der Waals surface area (Å²) in [4.78, 5) is 5.95. The molecule has 0 fully saturated rings. The molecule has 0 bridgehead atoms. The maximum absolute atomic E-state index is 10.7. The van der Waals surface area contributed by atoms with Crippen LogP contribution in [-0.2, 0) is 5.11 Å². The van der Waals surface area contributed by atoms with Crippen LogP contribution in [0.25, 0.3) is 21.7 Å². The van der Waals surface area contributed by atoms with Gasteiger partial charge in [0.25, 0.3) is 0 Å². The molecule has 0 aliphatic heterocycles. The molecule has 1 aromatic heterocycles. The number of benzene rings is 2. The highest BCUT2D eigenvalue weighted by Gasteiger charge is 2.15. The van der Waals surface area contributed by atoms with E-state index in [9.17, 15) is 5.11 Å². The van der Waals surface area contributed by atoms with Crippen LogP contribution in [-0.4, -0.2) is 31.6 Å². The summed E-state index contributed by atoms with van der Waals surface area (Å²) >= 11 is 3.30. The summed E-state index contributed by atoms with van der Waals surface area (Å²) in [6.07, 6.45) is 0.653. The monoisotopic (exact) mass is 386 g/mol. The highest BCUT2D eigenvalue weighted by atomic mass is 32.2. The first kappa shape index (κ1) is 18.8. The zero-order valence-electron chi connectivity index (χ0n) is 14.7. The molecule has 26 heavy (non-hydrogen) atoms. The number of nitrogens with zero attached hydrogens (tertiary/aromatic N) is 1. The van der Waals surface area contributed by atoms with Gasteiger partial charge in [-0.15, -0.1) is 11.3 Å². The van der Waals surface area contributed by atoms with E-state index < -0.39 is 0 Å². The molecule has 4 nitrogen and oxygen atoms in total. The summed E-state index contributed by atoms with van der Waals surface area (Å²) in [7, 11) is 3.32. The molecular formula is C20H20NO3S2. The van der Waals surface area contributed by atoms with Gasteiger partial charge in [0.2, 0.25) is 0 Å². The zero-order chi connectivity index (χ0) is 18.4. The van der Waals surface area contributed by atoms with Crippen molar-refractivity contribution in [2.24, 2.45) is 0 Å². The van der Waals surface area contributed by atoms with Gasteiger partial charge in [-0.05, 0) is 60.5 Å². The Morgan fingerprint density at radius 1 is 0.923 bits per heavy atom. The van der Waals surface area contributed by atoms with E-state index in [1.807, 2.05) is 48.5 Å². The Morgan fingerprint density at radius 3 is 2.04 bits per heavy atom. The third-order valence-electron chi connectivity index (χ3n) is 3.84. The Bertz CT molecular complexity index is 764. The van der Waals surface area contributed by atoms with Gasteiger partial charge in [0.05, 0.1) is 31.4 Å². The van der Waals surface area contributed by atoms with Crippen molar-refractivity contribution in [1.29, 1.82) is 0 Å². The lowest BCUT2D eigenvalue weighted by Crippen LogP contribution is -1.86. The summed E-state index contributed by atoms with van der Waals surface area (Å²) < 4.78 is 11.5. The average molecular weight is 387 g/mol. The van der Waals surface area contributed by atoms with Crippen molar-refractivity contribution < 1.29 is 14.6 Å². The first-order chi connectivity index (χ1) is 12.7. The highest BCUT2D eigenvalue weighted by molar-refractivity contribution is 8.01. The fourth-order valence-electron chi connectivity index (χ4n) is 2.46. The van der Waals surface area contributed by atoms with Crippen LogP contribution in [0.1, 0.15) is 6.42 Å². The number of thiazole rings is 1. The molecule has 6 heteroatoms. The van der Waals surface area contributed by atoms with Crippen LogP contribution >= 0.6 is 23.1 Å². The predicted molar refractivity (Wildman–Crippen MR) is 107 cm³/mol. The molecule has 0 saturated heterocycles. The minimum atomic E-state index is -0.0466. The molecule has 135 valence electrons. The van der Waals surface area contributed by atoms with Crippen LogP contribution < -0.4 is 9.47 Å². The number of hydrogen-bond donors (Lipinski definition) is 0. The molecular weight excluding hydrogens is 366 g/mol. The largest absolute Gasteiger partial charge is 0.497 e. The van der Waals surface area contributed by atoms with Gasteiger partial charge < -0.3 is 9.47 Å². The molecule has 1 heterocycles. The van der Waals surface area contributed by atoms with Crippen LogP contribution in [0.15, 0.2) is 52.9 Å². The minimum Gasteiger partial charge on any atom is -0.497 e. The second-order valence-electron chi connectivity index (χ2n) is 5.52. The topological polar surface area (TPSA) is 51.2 Å².